The molecule has 3 nitrogen and oxygen atoms in total. The summed E-state index contributed by atoms with van der Waals surface area (Å²) in [5.41, 5.74) is 2.73. The molecule has 0 bridgehead atoms. The maximum Gasteiger partial charge on any atom is 0.212 e. The van der Waals surface area contributed by atoms with Gasteiger partial charge in [0.15, 0.2) is 0 Å². The molecule has 19 heavy (non-hydrogen) atoms. The zero-order valence-electron chi connectivity index (χ0n) is 10.5. The average Bonchev–Trinajstić information content (AvgIpc) is 2.47. The van der Waals surface area contributed by atoms with Crippen LogP contribution in [0.25, 0.3) is 10.9 Å². The van der Waals surface area contributed by atoms with Crippen LogP contribution in [-0.4, -0.2) is 15.8 Å². The highest BCUT2D eigenvalue weighted by atomic mass is 16.1. The van der Waals surface area contributed by atoms with Crippen LogP contribution in [0.15, 0.2) is 54.7 Å². The summed E-state index contributed by atoms with van der Waals surface area (Å²) in [6, 6.07) is 15.0. The van der Waals surface area contributed by atoms with Crippen LogP contribution in [0.4, 0.5) is 0 Å². The minimum Gasteiger partial charge on any atom is -0.287 e. The maximum atomic E-state index is 12.3. The van der Waals surface area contributed by atoms with Crippen LogP contribution in [0.3, 0.4) is 0 Å². The van der Waals surface area contributed by atoms with Gasteiger partial charge in [-0.15, -0.1) is 0 Å². The molecular weight excluding hydrogens is 236 g/mol. The Morgan fingerprint density at radius 1 is 1.00 bits per heavy atom. The highest BCUT2D eigenvalue weighted by molar-refractivity contribution is 6.08. The molecule has 0 fully saturated rings. The lowest BCUT2D eigenvalue weighted by Gasteiger charge is -2.02. The topological polar surface area (TPSA) is 42.9 Å². The first-order chi connectivity index (χ1) is 9.24. The highest BCUT2D eigenvalue weighted by Crippen LogP contribution is 2.14. The quantitative estimate of drug-likeness (QED) is 0.654. The fourth-order valence-electron chi connectivity index (χ4n) is 1.94. The number of pyridine rings is 2. The van der Waals surface area contributed by atoms with Crippen LogP contribution in [0.2, 0.25) is 0 Å². The second-order valence-corrected chi connectivity index (χ2v) is 4.41. The van der Waals surface area contributed by atoms with Crippen LogP contribution in [0.1, 0.15) is 21.7 Å². The molecule has 0 aliphatic carbocycles. The van der Waals surface area contributed by atoms with Crippen molar-refractivity contribution in [1.82, 2.24) is 9.97 Å². The van der Waals surface area contributed by atoms with Crippen molar-refractivity contribution in [1.29, 1.82) is 0 Å². The number of carbonyl (C=O) groups is 1. The molecule has 0 unspecified atom stereocenters. The van der Waals surface area contributed by atoms with Crippen molar-refractivity contribution in [3.8, 4) is 0 Å². The van der Waals surface area contributed by atoms with Gasteiger partial charge in [0.2, 0.25) is 5.78 Å². The zero-order valence-corrected chi connectivity index (χ0v) is 10.5. The Kier molecular flexibility index (Phi) is 2.80. The van der Waals surface area contributed by atoms with Crippen molar-refractivity contribution in [3.63, 3.8) is 0 Å². The number of hydrogen-bond donors (Lipinski definition) is 0. The van der Waals surface area contributed by atoms with Crippen LogP contribution in [0.5, 0.6) is 0 Å². The van der Waals surface area contributed by atoms with Crippen LogP contribution in [-0.2, 0) is 0 Å². The minimum atomic E-state index is -0.0988. The first-order valence-corrected chi connectivity index (χ1v) is 6.07. The van der Waals surface area contributed by atoms with Gasteiger partial charge in [-0.25, -0.2) is 4.98 Å². The molecule has 2 heterocycles. The molecule has 0 radical (unpaired) electrons. The lowest BCUT2D eigenvalue weighted by molar-refractivity contribution is 0.103. The SMILES string of the molecule is Cc1ccc(C(=O)c2ccc3ccccc3n2)cn1. The average molecular weight is 248 g/mol. The lowest BCUT2D eigenvalue weighted by atomic mass is 10.1. The van der Waals surface area contributed by atoms with Crippen molar-refractivity contribution in [2.24, 2.45) is 0 Å². The molecule has 0 aliphatic heterocycles. The molecule has 0 atom stereocenters. The van der Waals surface area contributed by atoms with E-state index in [4.69, 9.17) is 0 Å². The van der Waals surface area contributed by atoms with Gasteiger partial charge in [-0.3, -0.25) is 9.78 Å². The van der Waals surface area contributed by atoms with Gasteiger partial charge in [0.25, 0.3) is 0 Å². The Morgan fingerprint density at radius 3 is 2.63 bits per heavy atom. The summed E-state index contributed by atoms with van der Waals surface area (Å²) >= 11 is 0. The third-order valence-electron chi connectivity index (χ3n) is 3.00. The Morgan fingerprint density at radius 2 is 1.84 bits per heavy atom. The Balaban J connectivity index is 2.04. The number of fused-ring (bicyclic) bond motifs is 1. The van der Waals surface area contributed by atoms with Gasteiger partial charge in [0.05, 0.1) is 5.52 Å². The molecule has 0 N–H and O–H groups in total. The first kappa shape index (κ1) is 11.5. The minimum absolute atomic E-state index is 0.0988. The van der Waals surface area contributed by atoms with E-state index in [0.717, 1.165) is 16.6 Å². The molecule has 0 saturated carbocycles. The van der Waals surface area contributed by atoms with Gasteiger partial charge in [-0.1, -0.05) is 24.3 Å². The smallest absolute Gasteiger partial charge is 0.212 e. The molecule has 2 aromatic heterocycles. The summed E-state index contributed by atoms with van der Waals surface area (Å²) in [5.74, 6) is -0.0988. The number of para-hydroxylation sites is 1. The van der Waals surface area contributed by atoms with Crippen molar-refractivity contribution in [2.75, 3.05) is 0 Å². The Hall–Kier alpha value is -2.55. The molecule has 1 aromatic carbocycles. The zero-order chi connectivity index (χ0) is 13.2. The van der Waals surface area contributed by atoms with Crippen molar-refractivity contribution in [3.05, 3.63) is 71.7 Å². The van der Waals surface area contributed by atoms with E-state index in [1.165, 1.54) is 0 Å². The second kappa shape index (κ2) is 4.61. The summed E-state index contributed by atoms with van der Waals surface area (Å²) in [6.07, 6.45) is 1.59. The second-order valence-electron chi connectivity index (χ2n) is 4.41. The summed E-state index contributed by atoms with van der Waals surface area (Å²) in [5, 5.41) is 1.03. The molecular formula is C16H12N2O. The molecule has 3 rings (SSSR count). The molecule has 0 aliphatic rings. The van der Waals surface area contributed by atoms with E-state index < -0.39 is 0 Å². The van der Waals surface area contributed by atoms with E-state index in [2.05, 4.69) is 9.97 Å². The Bertz CT molecular complexity index is 748. The summed E-state index contributed by atoms with van der Waals surface area (Å²) in [6.45, 7) is 1.89. The van der Waals surface area contributed by atoms with Crippen LogP contribution in [0, 0.1) is 6.92 Å². The fraction of sp³-hybridized carbons (Fsp3) is 0.0625. The number of hydrogen-bond acceptors (Lipinski definition) is 3. The van der Waals surface area contributed by atoms with Crippen molar-refractivity contribution < 1.29 is 4.79 Å². The van der Waals surface area contributed by atoms with Gasteiger partial charge in [-0.05, 0) is 31.2 Å². The van der Waals surface area contributed by atoms with Crippen molar-refractivity contribution in [2.45, 2.75) is 6.92 Å². The number of ketones is 1. The summed E-state index contributed by atoms with van der Waals surface area (Å²) < 4.78 is 0. The van der Waals surface area contributed by atoms with Gasteiger partial charge in [-0.2, -0.15) is 0 Å². The molecule has 3 heteroatoms. The lowest BCUT2D eigenvalue weighted by Crippen LogP contribution is -2.04. The number of aryl methyl sites for hydroxylation is 1. The van der Waals surface area contributed by atoms with Gasteiger partial charge in [0.1, 0.15) is 5.69 Å². The van der Waals surface area contributed by atoms with E-state index in [1.807, 2.05) is 43.3 Å². The third kappa shape index (κ3) is 2.22. The molecule has 92 valence electrons. The molecule has 0 amide bonds. The maximum absolute atomic E-state index is 12.3. The highest BCUT2D eigenvalue weighted by Gasteiger charge is 2.11. The number of rotatable bonds is 2. The number of nitrogens with zero attached hydrogens (tertiary/aromatic N) is 2. The van der Waals surface area contributed by atoms with E-state index in [-0.39, 0.29) is 5.78 Å². The fourth-order valence-corrected chi connectivity index (χ4v) is 1.94. The number of benzene rings is 1. The summed E-state index contributed by atoms with van der Waals surface area (Å²) in [4.78, 5) is 20.8. The molecule has 3 aromatic rings. The van der Waals surface area contributed by atoms with Crippen LogP contribution < -0.4 is 0 Å². The molecule has 0 spiro atoms. The van der Waals surface area contributed by atoms with E-state index in [1.54, 1.807) is 18.3 Å². The number of aromatic nitrogens is 2. The summed E-state index contributed by atoms with van der Waals surface area (Å²) in [7, 11) is 0. The standard InChI is InChI=1S/C16H12N2O/c1-11-6-7-13(10-17-11)16(19)15-9-8-12-4-2-3-5-14(12)18-15/h2-10H,1H3. The van der Waals surface area contributed by atoms with E-state index in [0.29, 0.717) is 11.3 Å². The normalized spacial score (nSPS) is 10.6. The monoisotopic (exact) mass is 248 g/mol. The van der Waals surface area contributed by atoms with Gasteiger partial charge in [0, 0.05) is 22.8 Å². The molecule has 0 saturated heterocycles. The van der Waals surface area contributed by atoms with E-state index >= 15 is 0 Å². The predicted molar refractivity (Wildman–Crippen MR) is 74.1 cm³/mol. The van der Waals surface area contributed by atoms with Gasteiger partial charge < -0.3 is 0 Å². The largest absolute Gasteiger partial charge is 0.287 e. The Labute approximate surface area is 111 Å². The van der Waals surface area contributed by atoms with Gasteiger partial charge >= 0.3 is 0 Å². The van der Waals surface area contributed by atoms with E-state index in [9.17, 15) is 4.79 Å². The van der Waals surface area contributed by atoms with Crippen molar-refractivity contribution >= 4 is 16.7 Å². The third-order valence-corrected chi connectivity index (χ3v) is 3.00. The van der Waals surface area contributed by atoms with Crippen LogP contribution >= 0.6 is 0 Å². The first-order valence-electron chi connectivity index (χ1n) is 6.07. The number of carbonyl (C=O) groups excluding carboxylic acids is 1. The predicted octanol–water partition coefficient (Wildman–Crippen LogP) is 3.17.